The highest BCUT2D eigenvalue weighted by Crippen LogP contribution is 2.30. The smallest absolute Gasteiger partial charge is 0.247 e. The van der Waals surface area contributed by atoms with Crippen LogP contribution in [0.2, 0.25) is 0 Å². The maximum atomic E-state index is 12.2. The second-order valence-electron chi connectivity index (χ2n) is 5.02. The van der Waals surface area contributed by atoms with Gasteiger partial charge in [0.15, 0.2) is 0 Å². The minimum absolute atomic E-state index is 0.00375. The van der Waals surface area contributed by atoms with Gasteiger partial charge in [-0.05, 0) is 12.0 Å². The SMILES string of the molecule is CCc1nn(C)c2c1NC(=O)C(Cc1ccccc1)N2. The normalized spacial score (nSPS) is 17.3. The molecular weight excluding hydrogens is 252 g/mol. The van der Waals surface area contributed by atoms with Gasteiger partial charge in [0.1, 0.15) is 17.5 Å². The van der Waals surface area contributed by atoms with E-state index in [0.717, 1.165) is 29.2 Å². The monoisotopic (exact) mass is 270 g/mol. The molecule has 1 aliphatic heterocycles. The molecule has 1 aromatic heterocycles. The molecule has 20 heavy (non-hydrogen) atoms. The number of hydrogen-bond donors (Lipinski definition) is 2. The van der Waals surface area contributed by atoms with Gasteiger partial charge >= 0.3 is 0 Å². The molecule has 5 nitrogen and oxygen atoms in total. The molecule has 3 rings (SSSR count). The first-order valence-corrected chi connectivity index (χ1v) is 6.86. The van der Waals surface area contributed by atoms with E-state index in [-0.39, 0.29) is 11.9 Å². The number of hydrogen-bond acceptors (Lipinski definition) is 3. The highest BCUT2D eigenvalue weighted by molar-refractivity contribution is 6.03. The van der Waals surface area contributed by atoms with Gasteiger partial charge in [-0.25, -0.2) is 0 Å². The maximum Gasteiger partial charge on any atom is 0.247 e. The second kappa shape index (κ2) is 5.00. The number of nitrogens with zero attached hydrogens (tertiary/aromatic N) is 2. The number of amides is 1. The van der Waals surface area contributed by atoms with Gasteiger partial charge in [-0.2, -0.15) is 5.10 Å². The Morgan fingerprint density at radius 1 is 1.30 bits per heavy atom. The van der Waals surface area contributed by atoms with E-state index in [1.165, 1.54) is 0 Å². The molecule has 2 N–H and O–H groups in total. The van der Waals surface area contributed by atoms with Gasteiger partial charge in [-0.15, -0.1) is 0 Å². The summed E-state index contributed by atoms with van der Waals surface area (Å²) in [5.74, 6) is 0.895. The highest BCUT2D eigenvalue weighted by atomic mass is 16.2. The number of aromatic nitrogens is 2. The third-order valence-electron chi connectivity index (χ3n) is 3.61. The largest absolute Gasteiger partial charge is 0.357 e. The Bertz CT molecular complexity index is 633. The van der Waals surface area contributed by atoms with Crippen molar-refractivity contribution < 1.29 is 4.79 Å². The average Bonchev–Trinajstić information content (AvgIpc) is 2.76. The van der Waals surface area contributed by atoms with Crippen LogP contribution in [0.3, 0.4) is 0 Å². The van der Waals surface area contributed by atoms with E-state index in [0.29, 0.717) is 6.42 Å². The molecule has 1 unspecified atom stereocenters. The van der Waals surface area contributed by atoms with E-state index in [4.69, 9.17) is 0 Å². The highest BCUT2D eigenvalue weighted by Gasteiger charge is 2.30. The molecular formula is C15H18N4O. The summed E-state index contributed by atoms with van der Waals surface area (Å²) in [6.45, 7) is 2.03. The van der Waals surface area contributed by atoms with Crippen LogP contribution in [0.15, 0.2) is 30.3 Å². The van der Waals surface area contributed by atoms with Crippen LogP contribution >= 0.6 is 0 Å². The van der Waals surface area contributed by atoms with Gasteiger partial charge < -0.3 is 10.6 Å². The predicted molar refractivity (Wildman–Crippen MR) is 78.8 cm³/mol. The third kappa shape index (κ3) is 2.15. The first-order chi connectivity index (χ1) is 9.69. The minimum Gasteiger partial charge on any atom is -0.357 e. The first-order valence-electron chi connectivity index (χ1n) is 6.86. The molecule has 5 heteroatoms. The molecule has 2 aromatic rings. The lowest BCUT2D eigenvalue weighted by molar-refractivity contribution is -0.117. The quantitative estimate of drug-likeness (QED) is 0.896. The lowest BCUT2D eigenvalue weighted by atomic mass is 10.0. The Balaban J connectivity index is 1.86. The average molecular weight is 270 g/mol. The molecule has 0 spiro atoms. The van der Waals surface area contributed by atoms with Crippen LogP contribution in [0.1, 0.15) is 18.2 Å². The Morgan fingerprint density at radius 2 is 2.05 bits per heavy atom. The Morgan fingerprint density at radius 3 is 2.75 bits per heavy atom. The zero-order valence-corrected chi connectivity index (χ0v) is 11.7. The van der Waals surface area contributed by atoms with Crippen LogP contribution in [0.5, 0.6) is 0 Å². The van der Waals surface area contributed by atoms with Crippen LogP contribution in [0, 0.1) is 0 Å². The molecule has 0 bridgehead atoms. The van der Waals surface area contributed by atoms with Gasteiger partial charge in [-0.3, -0.25) is 9.48 Å². The molecule has 0 fully saturated rings. The van der Waals surface area contributed by atoms with Crippen molar-refractivity contribution in [3.05, 3.63) is 41.6 Å². The number of anilines is 2. The van der Waals surface area contributed by atoms with Crippen LogP contribution in [0.25, 0.3) is 0 Å². The number of carbonyl (C=O) groups excluding carboxylic acids is 1. The van der Waals surface area contributed by atoms with Gasteiger partial charge in [-0.1, -0.05) is 37.3 Å². The molecule has 0 saturated carbocycles. The first kappa shape index (κ1) is 12.7. The summed E-state index contributed by atoms with van der Waals surface area (Å²) >= 11 is 0. The number of fused-ring (bicyclic) bond motifs is 1. The van der Waals surface area contributed by atoms with Crippen molar-refractivity contribution >= 4 is 17.4 Å². The number of aryl methyl sites for hydroxylation is 2. The molecule has 104 valence electrons. The fourth-order valence-corrected chi connectivity index (χ4v) is 2.56. The summed E-state index contributed by atoms with van der Waals surface area (Å²) in [5, 5.41) is 10.7. The summed E-state index contributed by atoms with van der Waals surface area (Å²) in [5.41, 5.74) is 2.88. The fourth-order valence-electron chi connectivity index (χ4n) is 2.56. The van der Waals surface area contributed by atoms with E-state index >= 15 is 0 Å². The predicted octanol–water partition coefficient (Wildman–Crippen LogP) is 1.96. The van der Waals surface area contributed by atoms with Crippen LogP contribution in [-0.4, -0.2) is 21.7 Å². The van der Waals surface area contributed by atoms with E-state index in [2.05, 4.69) is 15.7 Å². The lowest BCUT2D eigenvalue weighted by Gasteiger charge is -2.25. The summed E-state index contributed by atoms with van der Waals surface area (Å²) in [6.07, 6.45) is 1.47. The Hall–Kier alpha value is -2.30. The van der Waals surface area contributed by atoms with Gasteiger partial charge in [0, 0.05) is 13.5 Å². The Kier molecular flexibility index (Phi) is 3.18. The number of nitrogens with one attached hydrogen (secondary N) is 2. The molecule has 1 atom stereocenters. The minimum atomic E-state index is -0.259. The van der Waals surface area contributed by atoms with Crippen molar-refractivity contribution in [3.63, 3.8) is 0 Å². The molecule has 0 aliphatic carbocycles. The molecule has 1 aliphatic rings. The number of rotatable bonds is 3. The number of carbonyl (C=O) groups is 1. The Labute approximate surface area is 118 Å². The second-order valence-corrected chi connectivity index (χ2v) is 5.02. The molecule has 0 radical (unpaired) electrons. The molecule has 1 aromatic carbocycles. The standard InChI is InChI=1S/C15H18N4O/c1-3-11-13-14(19(2)18-11)16-12(15(20)17-13)9-10-7-5-4-6-8-10/h4-8,12,16H,3,9H2,1-2H3,(H,17,20). The zero-order chi connectivity index (χ0) is 14.1. The maximum absolute atomic E-state index is 12.2. The molecule has 0 saturated heterocycles. The van der Waals surface area contributed by atoms with E-state index in [1.54, 1.807) is 4.68 Å². The van der Waals surface area contributed by atoms with Crippen LogP contribution in [0.4, 0.5) is 11.5 Å². The van der Waals surface area contributed by atoms with E-state index < -0.39 is 0 Å². The van der Waals surface area contributed by atoms with Gasteiger partial charge in [0.05, 0.1) is 5.69 Å². The van der Waals surface area contributed by atoms with Crippen molar-refractivity contribution in [2.24, 2.45) is 7.05 Å². The summed E-state index contributed by atoms with van der Waals surface area (Å²) in [6, 6.07) is 9.76. The molecule has 1 amide bonds. The summed E-state index contributed by atoms with van der Waals surface area (Å²) in [4.78, 5) is 12.2. The zero-order valence-electron chi connectivity index (χ0n) is 11.7. The number of benzene rings is 1. The van der Waals surface area contributed by atoms with Gasteiger partial charge in [0.2, 0.25) is 5.91 Å². The van der Waals surface area contributed by atoms with E-state index in [9.17, 15) is 4.79 Å². The topological polar surface area (TPSA) is 59.0 Å². The van der Waals surface area contributed by atoms with Crippen LogP contribution < -0.4 is 10.6 Å². The van der Waals surface area contributed by atoms with Crippen LogP contribution in [-0.2, 0) is 24.7 Å². The van der Waals surface area contributed by atoms with E-state index in [1.807, 2.05) is 44.3 Å². The molecule has 2 heterocycles. The van der Waals surface area contributed by atoms with Crippen molar-refractivity contribution in [2.75, 3.05) is 10.6 Å². The third-order valence-corrected chi connectivity index (χ3v) is 3.61. The van der Waals surface area contributed by atoms with Crippen molar-refractivity contribution in [2.45, 2.75) is 25.8 Å². The van der Waals surface area contributed by atoms with Gasteiger partial charge in [0.25, 0.3) is 0 Å². The summed E-state index contributed by atoms with van der Waals surface area (Å²) in [7, 11) is 1.89. The lowest BCUT2D eigenvalue weighted by Crippen LogP contribution is -2.40. The fraction of sp³-hybridized carbons (Fsp3) is 0.333. The van der Waals surface area contributed by atoms with Crippen molar-refractivity contribution in [3.8, 4) is 0 Å². The van der Waals surface area contributed by atoms with Crippen molar-refractivity contribution in [1.29, 1.82) is 0 Å². The van der Waals surface area contributed by atoms with Crippen molar-refractivity contribution in [1.82, 2.24) is 9.78 Å². The summed E-state index contributed by atoms with van der Waals surface area (Å²) < 4.78 is 1.80.